The minimum absolute atomic E-state index is 0.185. The highest BCUT2D eigenvalue weighted by molar-refractivity contribution is 5.75. The van der Waals surface area contributed by atoms with Crippen LogP contribution in [0, 0.1) is 0 Å². The SMILES string of the molecule is CC(=O)CCOc1cccc2c1CCCC2. The lowest BCUT2D eigenvalue weighted by atomic mass is 9.91. The van der Waals surface area contributed by atoms with Crippen LogP contribution in [0.1, 0.15) is 37.3 Å². The Morgan fingerprint density at radius 2 is 2.12 bits per heavy atom. The molecule has 0 unspecified atom stereocenters. The van der Waals surface area contributed by atoms with E-state index in [1.165, 1.54) is 30.4 Å². The Morgan fingerprint density at radius 3 is 2.94 bits per heavy atom. The fourth-order valence-corrected chi connectivity index (χ4v) is 2.19. The zero-order valence-electron chi connectivity index (χ0n) is 9.79. The van der Waals surface area contributed by atoms with E-state index in [0.717, 1.165) is 12.2 Å². The second-order valence-corrected chi connectivity index (χ2v) is 4.40. The standard InChI is InChI=1S/C14H18O2/c1-11(15)9-10-16-14-8-4-6-12-5-2-3-7-13(12)14/h4,6,8H,2-3,5,7,9-10H2,1H3. The maximum Gasteiger partial charge on any atom is 0.133 e. The van der Waals surface area contributed by atoms with Gasteiger partial charge in [-0.05, 0) is 49.8 Å². The summed E-state index contributed by atoms with van der Waals surface area (Å²) in [4.78, 5) is 10.8. The quantitative estimate of drug-likeness (QED) is 0.776. The van der Waals surface area contributed by atoms with Crippen molar-refractivity contribution < 1.29 is 9.53 Å². The van der Waals surface area contributed by atoms with Gasteiger partial charge in [0, 0.05) is 6.42 Å². The first kappa shape index (κ1) is 11.2. The van der Waals surface area contributed by atoms with Gasteiger partial charge in [0.25, 0.3) is 0 Å². The fourth-order valence-electron chi connectivity index (χ4n) is 2.19. The lowest BCUT2D eigenvalue weighted by Gasteiger charge is -2.19. The van der Waals surface area contributed by atoms with Crippen LogP contribution in [0.15, 0.2) is 18.2 Å². The molecule has 2 nitrogen and oxygen atoms in total. The molecule has 0 N–H and O–H groups in total. The Kier molecular flexibility index (Phi) is 3.60. The van der Waals surface area contributed by atoms with Crippen molar-refractivity contribution in [2.45, 2.75) is 39.0 Å². The number of aryl methyl sites for hydroxylation is 1. The zero-order chi connectivity index (χ0) is 11.4. The van der Waals surface area contributed by atoms with Crippen molar-refractivity contribution in [2.24, 2.45) is 0 Å². The summed E-state index contributed by atoms with van der Waals surface area (Å²) in [5, 5.41) is 0. The predicted octanol–water partition coefficient (Wildman–Crippen LogP) is 2.92. The summed E-state index contributed by atoms with van der Waals surface area (Å²) in [6.45, 7) is 2.11. The van der Waals surface area contributed by atoms with Gasteiger partial charge in [0.1, 0.15) is 11.5 Å². The van der Waals surface area contributed by atoms with E-state index in [0.29, 0.717) is 13.0 Å². The van der Waals surface area contributed by atoms with Crippen LogP contribution in [0.25, 0.3) is 0 Å². The van der Waals surface area contributed by atoms with Crippen LogP contribution in [0.5, 0.6) is 5.75 Å². The fraction of sp³-hybridized carbons (Fsp3) is 0.500. The number of fused-ring (bicyclic) bond motifs is 1. The van der Waals surface area contributed by atoms with Crippen molar-refractivity contribution >= 4 is 5.78 Å². The maximum absolute atomic E-state index is 10.8. The predicted molar refractivity (Wildman–Crippen MR) is 63.9 cm³/mol. The molecule has 0 bridgehead atoms. The van der Waals surface area contributed by atoms with E-state index in [2.05, 4.69) is 6.07 Å². The second kappa shape index (κ2) is 5.15. The van der Waals surface area contributed by atoms with E-state index in [1.54, 1.807) is 6.92 Å². The highest BCUT2D eigenvalue weighted by Crippen LogP contribution is 2.29. The molecular weight excluding hydrogens is 200 g/mol. The molecule has 0 amide bonds. The first-order valence-electron chi connectivity index (χ1n) is 6.00. The zero-order valence-corrected chi connectivity index (χ0v) is 9.79. The lowest BCUT2D eigenvalue weighted by Crippen LogP contribution is -2.08. The van der Waals surface area contributed by atoms with E-state index < -0.39 is 0 Å². The summed E-state index contributed by atoms with van der Waals surface area (Å²) in [5.74, 6) is 1.17. The van der Waals surface area contributed by atoms with Crippen molar-refractivity contribution in [1.82, 2.24) is 0 Å². The van der Waals surface area contributed by atoms with Crippen LogP contribution in [0.3, 0.4) is 0 Å². The monoisotopic (exact) mass is 218 g/mol. The molecule has 2 rings (SSSR count). The number of rotatable bonds is 4. The second-order valence-electron chi connectivity index (χ2n) is 4.40. The highest BCUT2D eigenvalue weighted by Gasteiger charge is 2.13. The molecule has 2 heteroatoms. The van der Waals surface area contributed by atoms with Gasteiger partial charge >= 0.3 is 0 Å². The van der Waals surface area contributed by atoms with E-state index in [4.69, 9.17) is 4.74 Å². The molecule has 1 aromatic rings. The average molecular weight is 218 g/mol. The first-order chi connectivity index (χ1) is 7.77. The lowest BCUT2D eigenvalue weighted by molar-refractivity contribution is -0.117. The van der Waals surface area contributed by atoms with Gasteiger partial charge in [0.2, 0.25) is 0 Å². The van der Waals surface area contributed by atoms with Crippen LogP contribution < -0.4 is 4.74 Å². The molecule has 0 radical (unpaired) electrons. The van der Waals surface area contributed by atoms with Gasteiger partial charge in [-0.25, -0.2) is 0 Å². The number of ketones is 1. The maximum atomic E-state index is 10.8. The number of hydrogen-bond acceptors (Lipinski definition) is 2. The third kappa shape index (κ3) is 2.63. The van der Waals surface area contributed by atoms with Gasteiger partial charge in [-0.2, -0.15) is 0 Å². The van der Waals surface area contributed by atoms with Gasteiger partial charge in [0.05, 0.1) is 6.61 Å². The summed E-state index contributed by atoms with van der Waals surface area (Å²) in [6.07, 6.45) is 5.32. The van der Waals surface area contributed by atoms with Gasteiger partial charge in [-0.3, -0.25) is 4.79 Å². The summed E-state index contributed by atoms with van der Waals surface area (Å²) in [6, 6.07) is 6.25. The topological polar surface area (TPSA) is 26.3 Å². The number of ether oxygens (including phenoxy) is 1. The third-order valence-electron chi connectivity index (χ3n) is 3.06. The molecule has 16 heavy (non-hydrogen) atoms. The molecule has 0 spiro atoms. The van der Waals surface area contributed by atoms with Crippen LogP contribution >= 0.6 is 0 Å². The summed E-state index contributed by atoms with van der Waals surface area (Å²) < 4.78 is 5.69. The largest absolute Gasteiger partial charge is 0.493 e. The van der Waals surface area contributed by atoms with Crippen molar-refractivity contribution in [2.75, 3.05) is 6.61 Å². The number of hydrogen-bond donors (Lipinski definition) is 0. The molecule has 1 aromatic carbocycles. The average Bonchev–Trinajstić information content (AvgIpc) is 2.29. The van der Waals surface area contributed by atoms with Gasteiger partial charge in [-0.15, -0.1) is 0 Å². The molecule has 0 heterocycles. The molecule has 0 atom stereocenters. The van der Waals surface area contributed by atoms with E-state index in [9.17, 15) is 4.79 Å². The molecule has 0 aliphatic heterocycles. The summed E-state index contributed by atoms with van der Waals surface area (Å²) in [5.41, 5.74) is 2.78. The van der Waals surface area contributed by atoms with Crippen molar-refractivity contribution in [3.05, 3.63) is 29.3 Å². The molecule has 0 aromatic heterocycles. The highest BCUT2D eigenvalue weighted by atomic mass is 16.5. The number of carbonyl (C=O) groups is 1. The number of Topliss-reactive ketones (excluding diaryl/α,β-unsaturated/α-hetero) is 1. The molecule has 0 saturated carbocycles. The smallest absolute Gasteiger partial charge is 0.133 e. The normalized spacial score (nSPS) is 14.3. The number of carbonyl (C=O) groups excluding carboxylic acids is 1. The van der Waals surface area contributed by atoms with Gasteiger partial charge < -0.3 is 4.74 Å². The molecule has 0 fully saturated rings. The Labute approximate surface area is 96.6 Å². The Morgan fingerprint density at radius 1 is 1.31 bits per heavy atom. The summed E-state index contributed by atoms with van der Waals surface area (Å²) in [7, 11) is 0. The molecule has 1 aliphatic carbocycles. The van der Waals surface area contributed by atoms with Crippen molar-refractivity contribution in [1.29, 1.82) is 0 Å². The van der Waals surface area contributed by atoms with Crippen LogP contribution in [-0.4, -0.2) is 12.4 Å². The minimum Gasteiger partial charge on any atom is -0.493 e. The molecule has 0 saturated heterocycles. The minimum atomic E-state index is 0.185. The van der Waals surface area contributed by atoms with Crippen LogP contribution in [-0.2, 0) is 17.6 Å². The summed E-state index contributed by atoms with van der Waals surface area (Å²) >= 11 is 0. The third-order valence-corrected chi connectivity index (χ3v) is 3.06. The molecular formula is C14H18O2. The van der Waals surface area contributed by atoms with Gasteiger partial charge in [-0.1, -0.05) is 12.1 Å². The Balaban J connectivity index is 2.05. The van der Waals surface area contributed by atoms with E-state index >= 15 is 0 Å². The van der Waals surface area contributed by atoms with Crippen LogP contribution in [0.2, 0.25) is 0 Å². The van der Waals surface area contributed by atoms with Crippen molar-refractivity contribution in [3.63, 3.8) is 0 Å². The van der Waals surface area contributed by atoms with Crippen LogP contribution in [0.4, 0.5) is 0 Å². The Bertz CT molecular complexity index is 382. The van der Waals surface area contributed by atoms with Crippen molar-refractivity contribution in [3.8, 4) is 5.75 Å². The van der Waals surface area contributed by atoms with E-state index in [1.807, 2.05) is 12.1 Å². The van der Waals surface area contributed by atoms with Gasteiger partial charge in [0.15, 0.2) is 0 Å². The molecule has 1 aliphatic rings. The Hall–Kier alpha value is -1.31. The van der Waals surface area contributed by atoms with E-state index in [-0.39, 0.29) is 5.78 Å². The molecule has 86 valence electrons. The number of benzene rings is 1. The first-order valence-corrected chi connectivity index (χ1v) is 6.00.